The van der Waals surface area contributed by atoms with E-state index < -0.39 is 9.84 Å². The molecule has 1 N–H and O–H groups in total. The van der Waals surface area contributed by atoms with E-state index in [-0.39, 0.29) is 11.7 Å². The highest BCUT2D eigenvalue weighted by Crippen LogP contribution is 2.19. The minimum absolute atomic E-state index is 0.216. The lowest BCUT2D eigenvalue weighted by molar-refractivity contribution is 0.199. The van der Waals surface area contributed by atoms with E-state index in [4.69, 9.17) is 4.74 Å². The minimum Gasteiger partial charge on any atom is -0.383 e. The van der Waals surface area contributed by atoms with Crippen molar-refractivity contribution < 1.29 is 13.2 Å². The third-order valence-corrected chi connectivity index (χ3v) is 3.96. The van der Waals surface area contributed by atoms with Crippen LogP contribution in [0, 0.1) is 0 Å². The average Bonchev–Trinajstić information content (AvgIpc) is 2.38. The summed E-state index contributed by atoms with van der Waals surface area (Å²) in [6, 6.07) is 10.0. The van der Waals surface area contributed by atoms with Gasteiger partial charge in [0.05, 0.1) is 12.4 Å². The average molecular weight is 285 g/mol. The topological polar surface area (TPSA) is 55.4 Å². The Morgan fingerprint density at radius 2 is 1.95 bits per heavy atom. The largest absolute Gasteiger partial charge is 0.383 e. The van der Waals surface area contributed by atoms with Crippen LogP contribution < -0.4 is 5.32 Å². The second kappa shape index (κ2) is 8.30. The molecule has 5 heteroatoms. The van der Waals surface area contributed by atoms with Crippen LogP contribution in [0.4, 0.5) is 0 Å². The lowest BCUT2D eigenvalue weighted by Gasteiger charge is -2.17. The number of methoxy groups -OCH3 is 1. The van der Waals surface area contributed by atoms with Crippen molar-refractivity contribution in [3.63, 3.8) is 0 Å². The highest BCUT2D eigenvalue weighted by Gasteiger charge is 2.14. The van der Waals surface area contributed by atoms with Crippen LogP contribution in [0.3, 0.4) is 0 Å². The van der Waals surface area contributed by atoms with E-state index in [2.05, 4.69) is 5.32 Å². The zero-order valence-corrected chi connectivity index (χ0v) is 12.4. The van der Waals surface area contributed by atoms with Gasteiger partial charge in [0.1, 0.15) is 9.84 Å². The van der Waals surface area contributed by atoms with Crippen LogP contribution in [0.1, 0.15) is 17.9 Å². The number of nitrogens with one attached hydrogen (secondary N) is 1. The van der Waals surface area contributed by atoms with Crippen LogP contribution in [-0.2, 0) is 14.6 Å². The molecule has 0 aliphatic heterocycles. The highest BCUT2D eigenvalue weighted by atomic mass is 32.2. The molecular formula is C14H23NO3S. The summed E-state index contributed by atoms with van der Waals surface area (Å²) in [5.74, 6) is 0.436. The Balaban J connectivity index is 2.58. The predicted octanol–water partition coefficient (Wildman–Crippen LogP) is 1.44. The van der Waals surface area contributed by atoms with Crippen molar-refractivity contribution >= 4 is 9.84 Å². The summed E-state index contributed by atoms with van der Waals surface area (Å²) >= 11 is 0. The lowest BCUT2D eigenvalue weighted by Crippen LogP contribution is -2.26. The number of sulfone groups is 1. The summed E-state index contributed by atoms with van der Waals surface area (Å²) in [7, 11) is -1.25. The molecule has 0 spiro atoms. The number of benzene rings is 1. The van der Waals surface area contributed by atoms with E-state index in [1.165, 1.54) is 11.8 Å². The molecule has 1 aromatic carbocycles. The Labute approximate surface area is 116 Å². The van der Waals surface area contributed by atoms with Gasteiger partial charge in [-0.15, -0.1) is 0 Å². The van der Waals surface area contributed by atoms with Gasteiger partial charge >= 0.3 is 0 Å². The van der Waals surface area contributed by atoms with Crippen molar-refractivity contribution in [3.05, 3.63) is 35.9 Å². The van der Waals surface area contributed by atoms with Crippen molar-refractivity contribution in [1.29, 1.82) is 0 Å². The van der Waals surface area contributed by atoms with Gasteiger partial charge in [-0.1, -0.05) is 30.3 Å². The molecule has 0 fully saturated rings. The molecule has 0 amide bonds. The quantitative estimate of drug-likeness (QED) is 0.698. The first-order valence-electron chi connectivity index (χ1n) is 6.45. The first-order chi connectivity index (χ1) is 9.03. The van der Waals surface area contributed by atoms with Crippen LogP contribution in [0.5, 0.6) is 0 Å². The zero-order chi connectivity index (χ0) is 14.1. The van der Waals surface area contributed by atoms with Crippen molar-refractivity contribution in [2.45, 2.75) is 12.3 Å². The first-order valence-corrected chi connectivity index (χ1v) is 8.51. The molecule has 0 aliphatic carbocycles. The van der Waals surface area contributed by atoms with Gasteiger partial charge in [0.15, 0.2) is 0 Å². The summed E-state index contributed by atoms with van der Waals surface area (Å²) in [6.45, 7) is 2.20. The fraction of sp³-hybridized carbons (Fsp3) is 0.571. The van der Waals surface area contributed by atoms with E-state index in [0.717, 1.165) is 13.1 Å². The van der Waals surface area contributed by atoms with Crippen LogP contribution in [0.15, 0.2) is 30.3 Å². The number of hydrogen-bond acceptors (Lipinski definition) is 4. The molecule has 0 aromatic heterocycles. The Bertz CT molecular complexity index is 445. The molecule has 0 radical (unpaired) electrons. The molecular weight excluding hydrogens is 262 g/mol. The second-order valence-electron chi connectivity index (χ2n) is 4.72. The van der Waals surface area contributed by atoms with Crippen LogP contribution >= 0.6 is 0 Å². The molecule has 19 heavy (non-hydrogen) atoms. The zero-order valence-electron chi connectivity index (χ0n) is 11.6. The lowest BCUT2D eigenvalue weighted by atomic mass is 9.96. The van der Waals surface area contributed by atoms with Crippen LogP contribution in [-0.4, -0.2) is 47.2 Å². The number of ether oxygens (including phenoxy) is 1. The van der Waals surface area contributed by atoms with E-state index in [9.17, 15) is 8.42 Å². The van der Waals surface area contributed by atoms with Gasteiger partial charge < -0.3 is 10.1 Å². The molecule has 1 atom stereocenters. The molecule has 1 unspecified atom stereocenters. The number of rotatable bonds is 9. The fourth-order valence-electron chi connectivity index (χ4n) is 1.92. The van der Waals surface area contributed by atoms with E-state index >= 15 is 0 Å². The van der Waals surface area contributed by atoms with Crippen LogP contribution in [0.25, 0.3) is 0 Å². The highest BCUT2D eigenvalue weighted by molar-refractivity contribution is 7.90. The minimum atomic E-state index is -2.91. The van der Waals surface area contributed by atoms with Crippen LogP contribution in [0.2, 0.25) is 0 Å². The second-order valence-corrected chi connectivity index (χ2v) is 6.98. The summed E-state index contributed by atoms with van der Waals surface area (Å²) in [5.41, 5.74) is 1.18. The SMILES string of the molecule is COCCNCC(CCS(C)(=O)=O)c1ccccc1. The summed E-state index contributed by atoms with van der Waals surface area (Å²) < 4.78 is 27.6. The monoisotopic (exact) mass is 285 g/mol. The molecule has 0 saturated heterocycles. The Hall–Kier alpha value is -0.910. The van der Waals surface area contributed by atoms with E-state index in [1.54, 1.807) is 7.11 Å². The molecule has 4 nitrogen and oxygen atoms in total. The molecule has 0 bridgehead atoms. The van der Waals surface area contributed by atoms with Gasteiger partial charge in [0, 0.05) is 26.5 Å². The molecule has 0 heterocycles. The van der Waals surface area contributed by atoms with Crippen molar-refractivity contribution in [1.82, 2.24) is 5.32 Å². The van der Waals surface area contributed by atoms with E-state index in [1.807, 2.05) is 30.3 Å². The standard InChI is InChI=1S/C14H23NO3S/c1-18-10-9-15-12-14(8-11-19(2,16)17)13-6-4-3-5-7-13/h3-7,14-15H,8-12H2,1-2H3. The molecule has 1 aromatic rings. The van der Waals surface area contributed by atoms with Gasteiger partial charge in [-0.25, -0.2) is 8.42 Å². The summed E-state index contributed by atoms with van der Waals surface area (Å²) in [5, 5.41) is 3.30. The third-order valence-electron chi connectivity index (χ3n) is 2.98. The maximum absolute atomic E-state index is 11.3. The summed E-state index contributed by atoms with van der Waals surface area (Å²) in [6.07, 6.45) is 1.93. The maximum Gasteiger partial charge on any atom is 0.147 e. The summed E-state index contributed by atoms with van der Waals surface area (Å²) in [4.78, 5) is 0. The molecule has 0 saturated carbocycles. The molecule has 1 rings (SSSR count). The van der Waals surface area contributed by atoms with Gasteiger partial charge in [-0.2, -0.15) is 0 Å². The Morgan fingerprint density at radius 1 is 1.26 bits per heavy atom. The first kappa shape index (κ1) is 16.1. The molecule has 0 aliphatic rings. The van der Waals surface area contributed by atoms with Gasteiger partial charge in [0.2, 0.25) is 0 Å². The number of hydrogen-bond donors (Lipinski definition) is 1. The Morgan fingerprint density at radius 3 is 2.53 bits per heavy atom. The maximum atomic E-state index is 11.3. The smallest absolute Gasteiger partial charge is 0.147 e. The van der Waals surface area contributed by atoms with Crippen molar-refractivity contribution in [3.8, 4) is 0 Å². The van der Waals surface area contributed by atoms with Gasteiger partial charge in [0.25, 0.3) is 0 Å². The fourth-order valence-corrected chi connectivity index (χ4v) is 2.63. The molecule has 108 valence electrons. The normalized spacial score (nSPS) is 13.4. The van der Waals surface area contributed by atoms with Crippen molar-refractivity contribution in [2.24, 2.45) is 0 Å². The van der Waals surface area contributed by atoms with Gasteiger partial charge in [-0.05, 0) is 17.9 Å². The van der Waals surface area contributed by atoms with Crippen molar-refractivity contribution in [2.75, 3.05) is 38.8 Å². The third kappa shape index (κ3) is 7.30. The van der Waals surface area contributed by atoms with Gasteiger partial charge in [-0.3, -0.25) is 0 Å². The predicted molar refractivity (Wildman–Crippen MR) is 78.3 cm³/mol. The van der Waals surface area contributed by atoms with E-state index in [0.29, 0.717) is 13.0 Å². The Kier molecular flexibility index (Phi) is 7.05.